The fraction of sp³-hybridized carbons (Fsp3) is 0.316. The Balaban J connectivity index is 1.58. The minimum atomic E-state index is -0.755. The van der Waals surface area contributed by atoms with Gasteiger partial charge in [0.15, 0.2) is 6.61 Å². The normalized spacial score (nSPS) is 19.0. The number of furan rings is 1. The molecule has 1 N–H and O–H groups in total. The number of anilines is 1. The molecule has 1 saturated heterocycles. The van der Waals surface area contributed by atoms with Gasteiger partial charge in [-0.05, 0) is 36.8 Å². The van der Waals surface area contributed by atoms with E-state index in [0.717, 1.165) is 5.56 Å². The minimum absolute atomic E-state index is 0.257. The maximum atomic E-state index is 12.4. The second-order valence-corrected chi connectivity index (χ2v) is 7.28. The number of thioether (sulfide) groups is 1. The Labute approximate surface area is 161 Å². The first-order valence-corrected chi connectivity index (χ1v) is 9.47. The molecule has 0 unspecified atom stereocenters. The van der Waals surface area contributed by atoms with Crippen LogP contribution in [0, 0.1) is 6.92 Å². The van der Waals surface area contributed by atoms with Gasteiger partial charge in [-0.2, -0.15) is 0 Å². The third-order valence-corrected chi connectivity index (χ3v) is 5.35. The predicted octanol–water partition coefficient (Wildman–Crippen LogP) is 2.73. The van der Waals surface area contributed by atoms with E-state index in [2.05, 4.69) is 5.32 Å². The van der Waals surface area contributed by atoms with Crippen molar-refractivity contribution in [3.05, 3.63) is 54.0 Å². The summed E-state index contributed by atoms with van der Waals surface area (Å²) in [6.07, 6.45) is 1.52. The first-order chi connectivity index (χ1) is 13.0. The summed E-state index contributed by atoms with van der Waals surface area (Å²) >= 11 is 1.42. The molecule has 8 heteroatoms. The summed E-state index contributed by atoms with van der Waals surface area (Å²) in [5, 5.41) is 2.30. The fourth-order valence-corrected chi connectivity index (χ4v) is 4.29. The summed E-state index contributed by atoms with van der Waals surface area (Å²) in [4.78, 5) is 38.0. The molecule has 1 aromatic carbocycles. The van der Waals surface area contributed by atoms with Crippen molar-refractivity contribution in [2.24, 2.45) is 0 Å². The largest absolute Gasteiger partial charge is 0.466 e. The van der Waals surface area contributed by atoms with Crippen LogP contribution in [0.5, 0.6) is 0 Å². The van der Waals surface area contributed by atoms with Gasteiger partial charge in [-0.1, -0.05) is 12.1 Å². The van der Waals surface area contributed by atoms with Gasteiger partial charge in [0.2, 0.25) is 5.91 Å². The zero-order valence-corrected chi connectivity index (χ0v) is 15.8. The standard InChI is InChI=1S/C19H20N2O5S/c1-12-5-3-6-14(9-12)20-17(23)10-26-19(24)15-11-27-18(21(15)13(2)22)16-7-4-8-25-16/h3-9,15,18H,10-11H2,1-2H3,(H,20,23)/t15-,18-/m0/s1. The molecule has 0 radical (unpaired) electrons. The lowest BCUT2D eigenvalue weighted by atomic mass is 10.2. The molecule has 1 aliphatic rings. The summed E-state index contributed by atoms with van der Waals surface area (Å²) in [5.74, 6) is -0.318. The van der Waals surface area contributed by atoms with Crippen LogP contribution in [0.25, 0.3) is 0 Å². The van der Waals surface area contributed by atoms with Crippen LogP contribution < -0.4 is 5.32 Å². The number of nitrogens with zero attached hydrogens (tertiary/aromatic N) is 1. The molecule has 2 heterocycles. The van der Waals surface area contributed by atoms with Crippen molar-refractivity contribution in [3.8, 4) is 0 Å². The van der Waals surface area contributed by atoms with Crippen LogP contribution in [-0.2, 0) is 19.1 Å². The lowest BCUT2D eigenvalue weighted by Crippen LogP contribution is -2.43. The van der Waals surface area contributed by atoms with Crippen LogP contribution in [0.4, 0.5) is 5.69 Å². The number of amides is 2. The summed E-state index contributed by atoms with van der Waals surface area (Å²) in [5.41, 5.74) is 1.64. The van der Waals surface area contributed by atoms with Crippen molar-refractivity contribution in [2.45, 2.75) is 25.3 Å². The molecule has 2 atom stereocenters. The van der Waals surface area contributed by atoms with Crippen LogP contribution in [0.2, 0.25) is 0 Å². The van der Waals surface area contributed by atoms with E-state index in [9.17, 15) is 14.4 Å². The van der Waals surface area contributed by atoms with E-state index in [-0.39, 0.29) is 11.3 Å². The van der Waals surface area contributed by atoms with Crippen molar-refractivity contribution in [1.29, 1.82) is 0 Å². The van der Waals surface area contributed by atoms with E-state index in [1.807, 2.05) is 25.1 Å². The van der Waals surface area contributed by atoms with Crippen LogP contribution in [0.15, 0.2) is 47.1 Å². The molecule has 1 aromatic heterocycles. The lowest BCUT2D eigenvalue weighted by molar-refractivity contribution is -0.155. The van der Waals surface area contributed by atoms with E-state index in [4.69, 9.17) is 9.15 Å². The Morgan fingerprint density at radius 2 is 2.11 bits per heavy atom. The number of hydrogen-bond acceptors (Lipinski definition) is 6. The number of aryl methyl sites for hydroxylation is 1. The Bertz CT molecular complexity index is 836. The number of carbonyl (C=O) groups excluding carboxylic acids is 3. The third kappa shape index (κ3) is 4.51. The molecule has 1 fully saturated rings. The molecule has 0 saturated carbocycles. The van der Waals surface area contributed by atoms with Crippen LogP contribution >= 0.6 is 11.8 Å². The van der Waals surface area contributed by atoms with Gasteiger partial charge < -0.3 is 19.4 Å². The zero-order chi connectivity index (χ0) is 19.4. The first-order valence-electron chi connectivity index (χ1n) is 8.43. The average Bonchev–Trinajstić information content (AvgIpc) is 3.28. The van der Waals surface area contributed by atoms with Gasteiger partial charge in [0.25, 0.3) is 5.91 Å². The highest BCUT2D eigenvalue weighted by molar-refractivity contribution is 7.99. The quantitative estimate of drug-likeness (QED) is 0.793. The zero-order valence-electron chi connectivity index (χ0n) is 15.0. The smallest absolute Gasteiger partial charge is 0.330 e. The van der Waals surface area contributed by atoms with Gasteiger partial charge in [-0.3, -0.25) is 9.59 Å². The first kappa shape index (κ1) is 19.0. The molecule has 0 bridgehead atoms. The van der Waals surface area contributed by atoms with E-state index in [1.54, 1.807) is 18.2 Å². The van der Waals surface area contributed by atoms with Crippen molar-refractivity contribution in [3.63, 3.8) is 0 Å². The number of carbonyl (C=O) groups is 3. The monoisotopic (exact) mass is 388 g/mol. The van der Waals surface area contributed by atoms with Gasteiger partial charge in [-0.25, -0.2) is 4.79 Å². The van der Waals surface area contributed by atoms with Gasteiger partial charge in [-0.15, -0.1) is 11.8 Å². The molecule has 142 valence electrons. The molecule has 7 nitrogen and oxygen atoms in total. The van der Waals surface area contributed by atoms with Crippen molar-refractivity contribution < 1.29 is 23.5 Å². The minimum Gasteiger partial charge on any atom is -0.466 e. The van der Waals surface area contributed by atoms with Crippen molar-refractivity contribution >= 4 is 35.2 Å². The van der Waals surface area contributed by atoms with Crippen LogP contribution in [-0.4, -0.2) is 41.1 Å². The Morgan fingerprint density at radius 1 is 1.30 bits per heavy atom. The average molecular weight is 388 g/mol. The highest BCUT2D eigenvalue weighted by Crippen LogP contribution is 2.41. The van der Waals surface area contributed by atoms with Gasteiger partial charge in [0.1, 0.15) is 17.2 Å². The van der Waals surface area contributed by atoms with E-state index in [0.29, 0.717) is 17.2 Å². The van der Waals surface area contributed by atoms with Gasteiger partial charge in [0, 0.05) is 18.4 Å². The van der Waals surface area contributed by atoms with Crippen LogP contribution in [0.3, 0.4) is 0 Å². The second-order valence-electron chi connectivity index (χ2n) is 6.17. The van der Waals surface area contributed by atoms with E-state index < -0.39 is 24.5 Å². The topological polar surface area (TPSA) is 88.8 Å². The van der Waals surface area contributed by atoms with E-state index in [1.165, 1.54) is 29.8 Å². The van der Waals surface area contributed by atoms with Crippen LogP contribution in [0.1, 0.15) is 23.6 Å². The van der Waals surface area contributed by atoms with E-state index >= 15 is 0 Å². The summed E-state index contributed by atoms with van der Waals surface area (Å²) < 4.78 is 10.5. The molecule has 3 rings (SSSR count). The highest BCUT2D eigenvalue weighted by Gasteiger charge is 2.43. The number of rotatable bonds is 5. The molecular weight excluding hydrogens is 368 g/mol. The second kappa shape index (κ2) is 8.30. The maximum Gasteiger partial charge on any atom is 0.330 e. The molecule has 1 aliphatic heterocycles. The fourth-order valence-electron chi connectivity index (χ4n) is 2.88. The number of hydrogen-bond donors (Lipinski definition) is 1. The number of ether oxygens (including phenoxy) is 1. The molecule has 0 aliphatic carbocycles. The maximum absolute atomic E-state index is 12.4. The Kier molecular flexibility index (Phi) is 5.85. The predicted molar refractivity (Wildman–Crippen MR) is 101 cm³/mol. The summed E-state index contributed by atoms with van der Waals surface area (Å²) in [6.45, 7) is 2.90. The van der Waals surface area contributed by atoms with Gasteiger partial charge in [0.05, 0.1) is 6.26 Å². The molecular formula is C19H20N2O5S. The number of esters is 1. The SMILES string of the molecule is CC(=O)N1[C@H](C(=O)OCC(=O)Nc2cccc(C)c2)CS[C@H]1c1ccco1. The molecule has 2 aromatic rings. The number of benzene rings is 1. The Hall–Kier alpha value is -2.74. The Morgan fingerprint density at radius 3 is 2.78 bits per heavy atom. The molecule has 2 amide bonds. The number of nitrogens with one attached hydrogen (secondary N) is 1. The molecule has 0 spiro atoms. The summed E-state index contributed by atoms with van der Waals surface area (Å²) in [7, 11) is 0. The highest BCUT2D eigenvalue weighted by atomic mass is 32.2. The summed E-state index contributed by atoms with van der Waals surface area (Å²) in [6, 6.07) is 10.1. The van der Waals surface area contributed by atoms with Crippen molar-refractivity contribution in [2.75, 3.05) is 17.7 Å². The van der Waals surface area contributed by atoms with Gasteiger partial charge >= 0.3 is 5.97 Å². The lowest BCUT2D eigenvalue weighted by Gasteiger charge is -2.25. The van der Waals surface area contributed by atoms with Crippen molar-refractivity contribution in [1.82, 2.24) is 4.90 Å². The molecule has 27 heavy (non-hydrogen) atoms. The third-order valence-electron chi connectivity index (χ3n) is 4.07.